The largest absolute Gasteiger partial charge is 0.338 e. The van der Waals surface area contributed by atoms with Gasteiger partial charge in [-0.25, -0.2) is 15.0 Å². The molecule has 1 aliphatic heterocycles. The van der Waals surface area contributed by atoms with Gasteiger partial charge >= 0.3 is 0 Å². The minimum atomic E-state index is 0.00642. The molecule has 0 bridgehead atoms. The second-order valence-corrected chi connectivity index (χ2v) is 7.50. The molecule has 30 heavy (non-hydrogen) atoms. The van der Waals surface area contributed by atoms with Gasteiger partial charge in [-0.05, 0) is 44.0 Å². The molecular formula is C22H25N7O. The van der Waals surface area contributed by atoms with E-state index in [9.17, 15) is 4.79 Å². The predicted octanol–water partition coefficient (Wildman–Crippen LogP) is 2.99. The molecule has 0 unspecified atom stereocenters. The Bertz CT molecular complexity index is 1090. The summed E-state index contributed by atoms with van der Waals surface area (Å²) < 4.78 is 1.73. The van der Waals surface area contributed by atoms with Gasteiger partial charge in [0.2, 0.25) is 5.91 Å². The molecule has 1 fully saturated rings. The van der Waals surface area contributed by atoms with Gasteiger partial charge in [0.1, 0.15) is 17.5 Å². The van der Waals surface area contributed by atoms with E-state index in [0.29, 0.717) is 18.9 Å². The van der Waals surface area contributed by atoms with Crippen LogP contribution in [-0.4, -0.2) is 48.6 Å². The summed E-state index contributed by atoms with van der Waals surface area (Å²) in [7, 11) is 1.85. The number of nitrogens with one attached hydrogen (secondary N) is 1. The van der Waals surface area contributed by atoms with Crippen molar-refractivity contribution in [3.05, 3.63) is 65.5 Å². The van der Waals surface area contributed by atoms with E-state index in [-0.39, 0.29) is 11.8 Å². The van der Waals surface area contributed by atoms with Crippen molar-refractivity contribution in [3.63, 3.8) is 0 Å². The number of carbonyl (C=O) groups excluding carboxylic acids is 1. The molecule has 154 valence electrons. The SMILES string of the molecule is Cc1nc(Nc2ncccc2C)cc([C@H]2CCN(C(=O)/C=C/c3ccnn3C)C2)n1. The first-order valence-electron chi connectivity index (χ1n) is 9.99. The Morgan fingerprint density at radius 2 is 2.10 bits per heavy atom. The van der Waals surface area contributed by atoms with E-state index < -0.39 is 0 Å². The average molecular weight is 403 g/mol. The first-order valence-corrected chi connectivity index (χ1v) is 9.99. The van der Waals surface area contributed by atoms with Crippen LogP contribution in [0.5, 0.6) is 0 Å². The maximum absolute atomic E-state index is 12.6. The molecule has 4 heterocycles. The smallest absolute Gasteiger partial charge is 0.246 e. The highest BCUT2D eigenvalue weighted by molar-refractivity contribution is 5.91. The van der Waals surface area contributed by atoms with Crippen molar-refractivity contribution in [2.75, 3.05) is 18.4 Å². The topological polar surface area (TPSA) is 88.8 Å². The van der Waals surface area contributed by atoms with Crippen LogP contribution in [0.1, 0.15) is 35.1 Å². The molecule has 8 nitrogen and oxygen atoms in total. The van der Waals surface area contributed by atoms with E-state index >= 15 is 0 Å². The lowest BCUT2D eigenvalue weighted by atomic mass is 10.0. The zero-order valence-corrected chi connectivity index (χ0v) is 17.4. The van der Waals surface area contributed by atoms with E-state index in [1.165, 1.54) is 0 Å². The van der Waals surface area contributed by atoms with E-state index in [0.717, 1.165) is 35.0 Å². The highest BCUT2D eigenvalue weighted by atomic mass is 16.2. The van der Waals surface area contributed by atoms with Crippen molar-refractivity contribution < 1.29 is 4.79 Å². The summed E-state index contributed by atoms with van der Waals surface area (Å²) in [6.07, 6.45) is 7.76. The normalized spacial score (nSPS) is 16.4. The lowest BCUT2D eigenvalue weighted by Crippen LogP contribution is -2.26. The molecule has 8 heteroatoms. The van der Waals surface area contributed by atoms with Crippen LogP contribution in [0, 0.1) is 13.8 Å². The zero-order chi connectivity index (χ0) is 21.1. The third-order valence-electron chi connectivity index (χ3n) is 5.29. The molecule has 4 rings (SSSR count). The number of pyridine rings is 1. The third-order valence-corrected chi connectivity index (χ3v) is 5.29. The lowest BCUT2D eigenvalue weighted by molar-refractivity contribution is -0.124. The van der Waals surface area contributed by atoms with Crippen molar-refractivity contribution in [3.8, 4) is 0 Å². The summed E-state index contributed by atoms with van der Waals surface area (Å²) in [6.45, 7) is 5.25. The maximum Gasteiger partial charge on any atom is 0.246 e. The summed E-state index contributed by atoms with van der Waals surface area (Å²) in [5.41, 5.74) is 2.89. The Labute approximate surface area is 175 Å². The fourth-order valence-electron chi connectivity index (χ4n) is 3.61. The van der Waals surface area contributed by atoms with Gasteiger partial charge in [0.15, 0.2) is 0 Å². The van der Waals surface area contributed by atoms with Gasteiger partial charge in [0.25, 0.3) is 0 Å². The van der Waals surface area contributed by atoms with E-state index in [1.54, 1.807) is 29.2 Å². The number of hydrogen-bond donors (Lipinski definition) is 1. The first kappa shape index (κ1) is 19.8. The monoisotopic (exact) mass is 403 g/mol. The van der Waals surface area contributed by atoms with Crippen LogP contribution in [0.4, 0.5) is 11.6 Å². The number of aryl methyl sites for hydroxylation is 3. The summed E-state index contributed by atoms with van der Waals surface area (Å²) in [4.78, 5) is 28.0. The summed E-state index contributed by atoms with van der Waals surface area (Å²) in [5, 5.41) is 7.40. The average Bonchev–Trinajstić information content (AvgIpc) is 3.37. The van der Waals surface area contributed by atoms with E-state index in [2.05, 4.69) is 25.4 Å². The number of nitrogens with zero attached hydrogens (tertiary/aromatic N) is 6. The van der Waals surface area contributed by atoms with E-state index in [4.69, 9.17) is 0 Å². The quantitative estimate of drug-likeness (QED) is 0.659. The Hall–Kier alpha value is -3.55. The van der Waals surface area contributed by atoms with Crippen LogP contribution in [-0.2, 0) is 11.8 Å². The number of aromatic nitrogens is 5. The lowest BCUT2D eigenvalue weighted by Gasteiger charge is -2.15. The minimum absolute atomic E-state index is 0.00642. The van der Waals surface area contributed by atoms with Gasteiger partial charge in [-0.15, -0.1) is 0 Å². The van der Waals surface area contributed by atoms with Gasteiger partial charge in [-0.1, -0.05) is 6.07 Å². The van der Waals surface area contributed by atoms with Crippen molar-refractivity contribution >= 4 is 23.6 Å². The molecule has 1 saturated heterocycles. The molecule has 0 aliphatic carbocycles. The third kappa shape index (κ3) is 4.37. The summed E-state index contributed by atoms with van der Waals surface area (Å²) >= 11 is 0. The van der Waals surface area contributed by atoms with Crippen LogP contribution >= 0.6 is 0 Å². The van der Waals surface area contributed by atoms with Gasteiger partial charge in [-0.2, -0.15) is 5.10 Å². The molecule has 1 aliphatic rings. The van der Waals surface area contributed by atoms with Crippen molar-refractivity contribution in [1.82, 2.24) is 29.6 Å². The van der Waals surface area contributed by atoms with Crippen molar-refractivity contribution in [2.24, 2.45) is 7.05 Å². The molecule has 1 atom stereocenters. The fraction of sp³-hybridized carbons (Fsp3) is 0.318. The Kier molecular flexibility index (Phi) is 5.56. The van der Waals surface area contributed by atoms with E-state index in [1.807, 2.05) is 50.1 Å². The highest BCUT2D eigenvalue weighted by Gasteiger charge is 2.28. The van der Waals surface area contributed by atoms with Crippen LogP contribution < -0.4 is 5.32 Å². The molecule has 3 aromatic heterocycles. The number of carbonyl (C=O) groups is 1. The van der Waals surface area contributed by atoms with Crippen LogP contribution in [0.2, 0.25) is 0 Å². The second-order valence-electron chi connectivity index (χ2n) is 7.50. The molecule has 0 radical (unpaired) electrons. The Morgan fingerprint density at radius 1 is 1.23 bits per heavy atom. The number of amides is 1. The Balaban J connectivity index is 1.45. The molecule has 0 saturated carbocycles. The molecule has 1 amide bonds. The molecular weight excluding hydrogens is 378 g/mol. The number of likely N-dealkylation sites (tertiary alicyclic amines) is 1. The maximum atomic E-state index is 12.6. The fourth-order valence-corrected chi connectivity index (χ4v) is 3.61. The molecule has 1 N–H and O–H groups in total. The number of rotatable bonds is 5. The Morgan fingerprint density at radius 3 is 2.87 bits per heavy atom. The standard InChI is InChI=1S/C22H25N7O/c1-15-5-4-10-23-22(15)27-20-13-19(25-16(2)26-20)17-9-12-29(14-17)21(30)7-6-18-8-11-24-28(18)3/h4-8,10-11,13,17H,9,12,14H2,1-3H3,(H,23,25,26,27)/b7-6+/t17-/m0/s1. The summed E-state index contributed by atoms with van der Waals surface area (Å²) in [5.74, 6) is 2.40. The van der Waals surface area contributed by atoms with Crippen LogP contribution in [0.15, 0.2) is 42.7 Å². The van der Waals surface area contributed by atoms with Gasteiger partial charge in [-0.3, -0.25) is 9.48 Å². The predicted molar refractivity (Wildman–Crippen MR) is 115 cm³/mol. The van der Waals surface area contributed by atoms with Crippen molar-refractivity contribution in [1.29, 1.82) is 0 Å². The molecule has 3 aromatic rings. The number of anilines is 2. The highest BCUT2D eigenvalue weighted by Crippen LogP contribution is 2.28. The molecule has 0 aromatic carbocycles. The minimum Gasteiger partial charge on any atom is -0.338 e. The van der Waals surface area contributed by atoms with Crippen LogP contribution in [0.25, 0.3) is 6.08 Å². The molecule has 0 spiro atoms. The first-order chi connectivity index (χ1) is 14.5. The van der Waals surface area contributed by atoms with Crippen molar-refractivity contribution in [2.45, 2.75) is 26.2 Å². The van der Waals surface area contributed by atoms with Gasteiger partial charge < -0.3 is 10.2 Å². The van der Waals surface area contributed by atoms with Gasteiger partial charge in [0, 0.05) is 50.6 Å². The number of hydrogen-bond acceptors (Lipinski definition) is 6. The zero-order valence-electron chi connectivity index (χ0n) is 17.4. The van der Waals surface area contributed by atoms with Crippen LogP contribution in [0.3, 0.4) is 0 Å². The second kappa shape index (κ2) is 8.44. The van der Waals surface area contributed by atoms with Gasteiger partial charge in [0.05, 0.1) is 11.4 Å². The summed E-state index contributed by atoms with van der Waals surface area (Å²) in [6, 6.07) is 7.75.